The molecule has 0 saturated heterocycles. The van der Waals surface area contributed by atoms with Crippen LogP contribution in [-0.4, -0.2) is 28.0 Å². The van der Waals surface area contributed by atoms with Crippen molar-refractivity contribution in [1.29, 1.82) is 0 Å². The number of aryl methyl sites for hydroxylation is 1. The first kappa shape index (κ1) is 12.6. The van der Waals surface area contributed by atoms with E-state index in [1.165, 1.54) is 16.8 Å². The van der Waals surface area contributed by atoms with Gasteiger partial charge in [0.2, 0.25) is 0 Å². The minimum atomic E-state index is -0.516. The van der Waals surface area contributed by atoms with E-state index in [9.17, 15) is 14.9 Å². The molecule has 1 saturated carbocycles. The summed E-state index contributed by atoms with van der Waals surface area (Å²) in [6, 6.07) is 1.24. The zero-order valence-electron chi connectivity index (χ0n) is 10.1. The SMILES string of the molecule is Cn1cc([N+](=O)[O-])cc1C(=O)NC(CN)C1CC1. The van der Waals surface area contributed by atoms with E-state index in [4.69, 9.17) is 5.73 Å². The second-order valence-electron chi connectivity index (χ2n) is 4.60. The third-order valence-electron chi connectivity index (χ3n) is 3.20. The van der Waals surface area contributed by atoms with Crippen molar-refractivity contribution in [3.63, 3.8) is 0 Å². The van der Waals surface area contributed by atoms with Crippen LogP contribution in [0.3, 0.4) is 0 Å². The topological polar surface area (TPSA) is 103 Å². The van der Waals surface area contributed by atoms with Crippen molar-refractivity contribution in [2.45, 2.75) is 18.9 Å². The largest absolute Gasteiger partial charge is 0.346 e. The zero-order valence-corrected chi connectivity index (χ0v) is 10.1. The number of hydrogen-bond acceptors (Lipinski definition) is 4. The van der Waals surface area contributed by atoms with Crippen molar-refractivity contribution < 1.29 is 9.72 Å². The average molecular weight is 252 g/mol. The summed E-state index contributed by atoms with van der Waals surface area (Å²) in [6.45, 7) is 0.392. The number of carbonyl (C=O) groups excluding carboxylic acids is 1. The van der Waals surface area contributed by atoms with Crippen LogP contribution in [-0.2, 0) is 7.05 Å². The Morgan fingerprint density at radius 1 is 1.72 bits per heavy atom. The van der Waals surface area contributed by atoms with Gasteiger partial charge in [0.1, 0.15) is 5.69 Å². The molecule has 1 heterocycles. The Labute approximate surface area is 104 Å². The van der Waals surface area contributed by atoms with E-state index in [0.29, 0.717) is 12.5 Å². The molecule has 1 aliphatic rings. The molecular formula is C11H16N4O3. The van der Waals surface area contributed by atoms with Crippen LogP contribution >= 0.6 is 0 Å². The van der Waals surface area contributed by atoms with Crippen LogP contribution in [0.2, 0.25) is 0 Å². The van der Waals surface area contributed by atoms with Crippen molar-refractivity contribution >= 4 is 11.6 Å². The van der Waals surface area contributed by atoms with Gasteiger partial charge in [-0.05, 0) is 18.8 Å². The Kier molecular flexibility index (Phi) is 3.33. The number of hydrogen-bond donors (Lipinski definition) is 2. The molecule has 1 fully saturated rings. The number of nitrogens with zero attached hydrogens (tertiary/aromatic N) is 2. The van der Waals surface area contributed by atoms with Crippen LogP contribution in [0.1, 0.15) is 23.3 Å². The molecule has 98 valence electrons. The lowest BCUT2D eigenvalue weighted by Gasteiger charge is -2.15. The van der Waals surface area contributed by atoms with E-state index >= 15 is 0 Å². The van der Waals surface area contributed by atoms with Gasteiger partial charge in [0.05, 0.1) is 11.1 Å². The Morgan fingerprint density at radius 2 is 2.39 bits per heavy atom. The highest BCUT2D eigenvalue weighted by atomic mass is 16.6. The minimum Gasteiger partial charge on any atom is -0.346 e. The molecule has 2 rings (SSSR count). The van der Waals surface area contributed by atoms with Crippen molar-refractivity contribution in [1.82, 2.24) is 9.88 Å². The molecule has 3 N–H and O–H groups in total. The highest BCUT2D eigenvalue weighted by Crippen LogP contribution is 2.32. The lowest BCUT2D eigenvalue weighted by atomic mass is 10.2. The van der Waals surface area contributed by atoms with Gasteiger partial charge in [-0.1, -0.05) is 0 Å². The van der Waals surface area contributed by atoms with Crippen LogP contribution in [0.4, 0.5) is 5.69 Å². The summed E-state index contributed by atoms with van der Waals surface area (Å²) in [5, 5.41) is 13.5. The maximum atomic E-state index is 12.0. The predicted molar refractivity (Wildman–Crippen MR) is 65.1 cm³/mol. The summed E-state index contributed by atoms with van der Waals surface area (Å²) < 4.78 is 1.45. The molecule has 1 amide bonds. The van der Waals surface area contributed by atoms with E-state index < -0.39 is 4.92 Å². The second kappa shape index (κ2) is 4.77. The van der Waals surface area contributed by atoms with Gasteiger partial charge in [0, 0.05) is 25.7 Å². The summed E-state index contributed by atoms with van der Waals surface area (Å²) >= 11 is 0. The van der Waals surface area contributed by atoms with Crippen LogP contribution in [0.5, 0.6) is 0 Å². The van der Waals surface area contributed by atoms with Gasteiger partial charge in [-0.2, -0.15) is 0 Å². The number of nitrogens with one attached hydrogen (secondary N) is 1. The van der Waals surface area contributed by atoms with Crippen LogP contribution in [0.15, 0.2) is 12.3 Å². The van der Waals surface area contributed by atoms with Gasteiger partial charge in [-0.25, -0.2) is 0 Å². The number of amides is 1. The fraction of sp³-hybridized carbons (Fsp3) is 0.545. The molecular weight excluding hydrogens is 236 g/mol. The molecule has 1 aromatic rings. The van der Waals surface area contributed by atoms with Crippen molar-refractivity contribution in [3.05, 3.63) is 28.1 Å². The van der Waals surface area contributed by atoms with Gasteiger partial charge in [0.25, 0.3) is 11.6 Å². The molecule has 0 bridgehead atoms. The molecule has 1 atom stereocenters. The third-order valence-corrected chi connectivity index (χ3v) is 3.20. The molecule has 0 aromatic carbocycles. The van der Waals surface area contributed by atoms with Crippen LogP contribution < -0.4 is 11.1 Å². The summed E-state index contributed by atoms with van der Waals surface area (Å²) in [7, 11) is 1.61. The smallest absolute Gasteiger partial charge is 0.287 e. The van der Waals surface area contributed by atoms with E-state index in [1.54, 1.807) is 7.05 Å². The fourth-order valence-electron chi connectivity index (χ4n) is 1.98. The summed E-state index contributed by atoms with van der Waals surface area (Å²) in [6.07, 6.45) is 3.48. The van der Waals surface area contributed by atoms with Gasteiger partial charge < -0.3 is 15.6 Å². The Hall–Kier alpha value is -1.89. The first-order valence-corrected chi connectivity index (χ1v) is 5.84. The second-order valence-corrected chi connectivity index (χ2v) is 4.60. The number of aromatic nitrogens is 1. The van der Waals surface area contributed by atoms with Crippen molar-refractivity contribution in [2.24, 2.45) is 18.7 Å². The summed E-state index contributed by atoms with van der Waals surface area (Å²) in [4.78, 5) is 22.1. The average Bonchev–Trinajstić information content (AvgIpc) is 3.08. The summed E-state index contributed by atoms with van der Waals surface area (Å²) in [5.74, 6) is 0.141. The highest BCUT2D eigenvalue weighted by molar-refractivity contribution is 5.93. The molecule has 0 aliphatic heterocycles. The Balaban J connectivity index is 2.10. The maximum absolute atomic E-state index is 12.0. The van der Waals surface area contributed by atoms with Gasteiger partial charge in [-0.3, -0.25) is 14.9 Å². The predicted octanol–water partition coefficient (Wildman–Crippen LogP) is 0.400. The normalized spacial score (nSPS) is 16.3. The van der Waals surface area contributed by atoms with Crippen LogP contribution in [0.25, 0.3) is 0 Å². The molecule has 18 heavy (non-hydrogen) atoms. The quantitative estimate of drug-likeness (QED) is 0.584. The van der Waals surface area contributed by atoms with Crippen LogP contribution in [0, 0.1) is 16.0 Å². The van der Waals surface area contributed by atoms with E-state index in [1.807, 2.05) is 0 Å². The molecule has 0 spiro atoms. The van der Waals surface area contributed by atoms with E-state index in [-0.39, 0.29) is 23.3 Å². The first-order chi connectivity index (χ1) is 8.52. The minimum absolute atomic E-state index is 0.0357. The number of nitro groups is 1. The number of carbonyl (C=O) groups is 1. The van der Waals surface area contributed by atoms with Gasteiger partial charge in [-0.15, -0.1) is 0 Å². The van der Waals surface area contributed by atoms with Crippen molar-refractivity contribution in [3.8, 4) is 0 Å². The zero-order chi connectivity index (χ0) is 13.3. The lowest BCUT2D eigenvalue weighted by Crippen LogP contribution is -2.42. The molecule has 0 radical (unpaired) electrons. The number of rotatable bonds is 5. The Bertz CT molecular complexity index is 479. The molecule has 1 unspecified atom stereocenters. The molecule has 1 aromatic heterocycles. The Morgan fingerprint density at radius 3 is 2.83 bits per heavy atom. The van der Waals surface area contributed by atoms with Gasteiger partial charge >= 0.3 is 0 Å². The monoisotopic (exact) mass is 252 g/mol. The first-order valence-electron chi connectivity index (χ1n) is 5.84. The third kappa shape index (κ3) is 2.51. The van der Waals surface area contributed by atoms with E-state index in [2.05, 4.69) is 5.32 Å². The highest BCUT2D eigenvalue weighted by Gasteiger charge is 2.32. The molecule has 7 nitrogen and oxygen atoms in total. The molecule has 1 aliphatic carbocycles. The van der Waals surface area contributed by atoms with Crippen molar-refractivity contribution in [2.75, 3.05) is 6.54 Å². The standard InChI is InChI=1S/C11H16N4O3/c1-14-6-8(15(17)18)4-10(14)11(16)13-9(5-12)7-2-3-7/h4,6-7,9H,2-3,5,12H2,1H3,(H,13,16). The van der Waals surface area contributed by atoms with E-state index in [0.717, 1.165) is 12.8 Å². The fourth-order valence-corrected chi connectivity index (χ4v) is 1.98. The lowest BCUT2D eigenvalue weighted by molar-refractivity contribution is -0.384. The maximum Gasteiger partial charge on any atom is 0.287 e. The van der Waals surface area contributed by atoms with Gasteiger partial charge in [0.15, 0.2) is 0 Å². The summed E-state index contributed by atoms with van der Waals surface area (Å²) in [5.41, 5.74) is 5.80. The molecule has 7 heteroatoms. The number of nitrogens with two attached hydrogens (primary N) is 1.